The lowest BCUT2D eigenvalue weighted by molar-refractivity contribution is -0.136. The van der Waals surface area contributed by atoms with Crippen LogP contribution in [0.4, 0.5) is 0 Å². The van der Waals surface area contributed by atoms with Crippen LogP contribution in [0.3, 0.4) is 0 Å². The monoisotopic (exact) mass is 274 g/mol. The van der Waals surface area contributed by atoms with Gasteiger partial charge >= 0.3 is 0 Å². The Morgan fingerprint density at radius 1 is 1.30 bits per heavy atom. The number of rotatable bonds is 5. The number of carbonyl (C=O) groups is 1. The molecule has 1 amide bonds. The number of carbonyl (C=O) groups excluding carboxylic acids is 1. The van der Waals surface area contributed by atoms with Crippen LogP contribution in [0.15, 0.2) is 24.3 Å². The molecule has 0 saturated heterocycles. The Hall–Kier alpha value is -1.35. The van der Waals surface area contributed by atoms with Crippen LogP contribution in [-0.4, -0.2) is 30.4 Å². The lowest BCUT2D eigenvalue weighted by atomic mass is 9.92. The zero-order valence-corrected chi connectivity index (χ0v) is 12.9. The summed E-state index contributed by atoms with van der Waals surface area (Å²) in [7, 11) is 0. The van der Waals surface area contributed by atoms with E-state index in [2.05, 4.69) is 38.1 Å². The van der Waals surface area contributed by atoms with Crippen LogP contribution in [0.25, 0.3) is 0 Å². The Bertz CT molecular complexity index is 457. The standard InChI is InChI=1S/C17H26N2O/c1-4-19(12-17(2,3)11-18)16(20)15-9-13-7-5-6-8-14(13)10-15/h5-8,15H,4,9-12,18H2,1-3H3. The lowest BCUT2D eigenvalue weighted by Crippen LogP contribution is -2.44. The Balaban J connectivity index is 2.04. The van der Waals surface area contributed by atoms with Gasteiger partial charge in [-0.15, -0.1) is 0 Å². The lowest BCUT2D eigenvalue weighted by Gasteiger charge is -2.32. The van der Waals surface area contributed by atoms with E-state index in [4.69, 9.17) is 5.73 Å². The molecular formula is C17H26N2O. The van der Waals surface area contributed by atoms with Crippen molar-refractivity contribution < 1.29 is 4.79 Å². The second-order valence-corrected chi connectivity index (χ2v) is 6.59. The largest absolute Gasteiger partial charge is 0.342 e. The highest BCUT2D eigenvalue weighted by Gasteiger charge is 2.32. The molecule has 2 N–H and O–H groups in total. The minimum absolute atomic E-state index is 0.0167. The second-order valence-electron chi connectivity index (χ2n) is 6.59. The van der Waals surface area contributed by atoms with Crippen molar-refractivity contribution in [3.8, 4) is 0 Å². The molecule has 0 atom stereocenters. The van der Waals surface area contributed by atoms with Gasteiger partial charge in [0.25, 0.3) is 0 Å². The third-order valence-electron chi connectivity index (χ3n) is 4.27. The van der Waals surface area contributed by atoms with E-state index in [0.717, 1.165) is 25.9 Å². The molecule has 0 aliphatic heterocycles. The molecule has 0 aromatic heterocycles. The number of nitrogens with zero attached hydrogens (tertiary/aromatic N) is 1. The molecule has 110 valence electrons. The van der Waals surface area contributed by atoms with Crippen molar-refractivity contribution in [2.45, 2.75) is 33.6 Å². The molecule has 0 unspecified atom stereocenters. The molecule has 0 saturated carbocycles. The fraction of sp³-hybridized carbons (Fsp3) is 0.588. The number of hydrogen-bond acceptors (Lipinski definition) is 2. The van der Waals surface area contributed by atoms with E-state index in [0.29, 0.717) is 6.54 Å². The highest BCUT2D eigenvalue weighted by atomic mass is 16.2. The molecule has 2 rings (SSSR count). The summed E-state index contributed by atoms with van der Waals surface area (Å²) in [6.07, 6.45) is 1.77. The first-order valence-electron chi connectivity index (χ1n) is 7.52. The predicted octanol–water partition coefficient (Wildman–Crippen LogP) is 2.23. The predicted molar refractivity (Wildman–Crippen MR) is 82.4 cm³/mol. The summed E-state index contributed by atoms with van der Waals surface area (Å²) in [5, 5.41) is 0. The quantitative estimate of drug-likeness (QED) is 0.895. The van der Waals surface area contributed by atoms with E-state index < -0.39 is 0 Å². The average Bonchev–Trinajstić information content (AvgIpc) is 2.88. The summed E-state index contributed by atoms with van der Waals surface area (Å²) >= 11 is 0. The van der Waals surface area contributed by atoms with Crippen molar-refractivity contribution >= 4 is 5.91 Å². The maximum atomic E-state index is 12.7. The van der Waals surface area contributed by atoms with Crippen LogP contribution in [0.5, 0.6) is 0 Å². The molecular weight excluding hydrogens is 248 g/mol. The van der Waals surface area contributed by atoms with Crippen LogP contribution in [0, 0.1) is 11.3 Å². The van der Waals surface area contributed by atoms with Crippen LogP contribution < -0.4 is 5.73 Å². The molecule has 0 fully saturated rings. The number of fused-ring (bicyclic) bond motifs is 1. The minimum atomic E-state index is -0.0167. The summed E-state index contributed by atoms with van der Waals surface area (Å²) in [6.45, 7) is 8.38. The van der Waals surface area contributed by atoms with Crippen molar-refractivity contribution in [3.63, 3.8) is 0 Å². The first-order valence-corrected chi connectivity index (χ1v) is 7.52. The van der Waals surface area contributed by atoms with E-state index in [1.165, 1.54) is 11.1 Å². The molecule has 0 spiro atoms. The summed E-state index contributed by atoms with van der Waals surface area (Å²) in [6, 6.07) is 8.40. The molecule has 3 nitrogen and oxygen atoms in total. The zero-order valence-electron chi connectivity index (χ0n) is 12.9. The van der Waals surface area contributed by atoms with Gasteiger partial charge in [0.05, 0.1) is 0 Å². The molecule has 1 aromatic carbocycles. The third-order valence-corrected chi connectivity index (χ3v) is 4.27. The van der Waals surface area contributed by atoms with Gasteiger partial charge in [-0.3, -0.25) is 4.79 Å². The SMILES string of the molecule is CCN(CC(C)(C)CN)C(=O)C1Cc2ccccc2C1. The first-order chi connectivity index (χ1) is 9.46. The highest BCUT2D eigenvalue weighted by molar-refractivity contribution is 5.80. The number of amides is 1. The maximum absolute atomic E-state index is 12.7. The van der Waals surface area contributed by atoms with E-state index in [-0.39, 0.29) is 17.2 Å². The molecule has 0 radical (unpaired) electrons. The smallest absolute Gasteiger partial charge is 0.226 e. The van der Waals surface area contributed by atoms with Gasteiger partial charge in [-0.1, -0.05) is 38.1 Å². The summed E-state index contributed by atoms with van der Waals surface area (Å²) < 4.78 is 0. The first kappa shape index (κ1) is 15.0. The molecule has 0 bridgehead atoms. The topological polar surface area (TPSA) is 46.3 Å². The van der Waals surface area contributed by atoms with Crippen molar-refractivity contribution in [1.82, 2.24) is 4.90 Å². The molecule has 3 heteroatoms. The summed E-state index contributed by atoms with van der Waals surface area (Å²) in [5.41, 5.74) is 8.44. The van der Waals surface area contributed by atoms with Crippen molar-refractivity contribution in [1.29, 1.82) is 0 Å². The molecule has 20 heavy (non-hydrogen) atoms. The van der Waals surface area contributed by atoms with Gasteiger partial charge in [-0.05, 0) is 42.9 Å². The highest BCUT2D eigenvalue weighted by Crippen LogP contribution is 2.28. The number of hydrogen-bond donors (Lipinski definition) is 1. The fourth-order valence-electron chi connectivity index (χ4n) is 2.92. The van der Waals surface area contributed by atoms with Gasteiger partial charge < -0.3 is 10.6 Å². The van der Waals surface area contributed by atoms with Crippen molar-refractivity contribution in [2.24, 2.45) is 17.1 Å². The van der Waals surface area contributed by atoms with Crippen LogP contribution in [0.1, 0.15) is 31.9 Å². The average molecular weight is 274 g/mol. The van der Waals surface area contributed by atoms with E-state index in [1.54, 1.807) is 0 Å². The third kappa shape index (κ3) is 3.21. The Morgan fingerprint density at radius 3 is 2.30 bits per heavy atom. The molecule has 1 aliphatic rings. The number of benzene rings is 1. The Labute approximate surface area is 122 Å². The number of nitrogens with two attached hydrogens (primary N) is 1. The normalized spacial score (nSPS) is 15.2. The Morgan fingerprint density at radius 2 is 1.85 bits per heavy atom. The zero-order chi connectivity index (χ0) is 14.8. The van der Waals surface area contributed by atoms with Gasteiger partial charge in [0, 0.05) is 19.0 Å². The van der Waals surface area contributed by atoms with Gasteiger partial charge in [0.2, 0.25) is 5.91 Å². The van der Waals surface area contributed by atoms with Gasteiger partial charge in [0.1, 0.15) is 0 Å². The van der Waals surface area contributed by atoms with E-state index in [1.807, 2.05) is 11.8 Å². The van der Waals surface area contributed by atoms with Gasteiger partial charge in [0.15, 0.2) is 0 Å². The molecule has 1 aliphatic carbocycles. The Kier molecular flexibility index (Phi) is 4.48. The summed E-state index contributed by atoms with van der Waals surface area (Å²) in [5.74, 6) is 0.395. The second kappa shape index (κ2) is 5.96. The van der Waals surface area contributed by atoms with Gasteiger partial charge in [-0.2, -0.15) is 0 Å². The van der Waals surface area contributed by atoms with Crippen molar-refractivity contribution in [3.05, 3.63) is 35.4 Å². The summed E-state index contributed by atoms with van der Waals surface area (Å²) in [4.78, 5) is 14.7. The minimum Gasteiger partial charge on any atom is -0.342 e. The maximum Gasteiger partial charge on any atom is 0.226 e. The van der Waals surface area contributed by atoms with Crippen molar-refractivity contribution in [2.75, 3.05) is 19.6 Å². The van der Waals surface area contributed by atoms with Crippen LogP contribution in [0.2, 0.25) is 0 Å². The molecule has 0 heterocycles. The van der Waals surface area contributed by atoms with Crippen LogP contribution in [-0.2, 0) is 17.6 Å². The van der Waals surface area contributed by atoms with Gasteiger partial charge in [-0.25, -0.2) is 0 Å². The van der Waals surface area contributed by atoms with E-state index >= 15 is 0 Å². The van der Waals surface area contributed by atoms with E-state index in [9.17, 15) is 4.79 Å². The molecule has 1 aromatic rings. The van der Waals surface area contributed by atoms with Crippen LogP contribution >= 0.6 is 0 Å². The fourth-order valence-corrected chi connectivity index (χ4v) is 2.92.